The number of sulfonamides is 1. The van der Waals surface area contributed by atoms with E-state index in [4.69, 9.17) is 4.74 Å². The van der Waals surface area contributed by atoms with Gasteiger partial charge in [-0.3, -0.25) is 4.79 Å². The van der Waals surface area contributed by atoms with Crippen LogP contribution in [0.15, 0.2) is 53.4 Å². The minimum atomic E-state index is -3.65. The van der Waals surface area contributed by atoms with E-state index in [0.29, 0.717) is 17.9 Å². The lowest BCUT2D eigenvalue weighted by atomic mass is 10.2. The number of carbonyl (C=O) groups is 1. The molecule has 0 aliphatic carbocycles. The van der Waals surface area contributed by atoms with Gasteiger partial charge in [-0.1, -0.05) is 19.1 Å². The van der Waals surface area contributed by atoms with Crippen molar-refractivity contribution in [3.8, 4) is 5.75 Å². The molecule has 134 valence electrons. The van der Waals surface area contributed by atoms with Gasteiger partial charge in [-0.05, 0) is 48.4 Å². The van der Waals surface area contributed by atoms with Gasteiger partial charge in [0.25, 0.3) is 5.91 Å². The minimum Gasteiger partial charge on any atom is -0.497 e. The first-order valence-corrected chi connectivity index (χ1v) is 9.45. The molecule has 0 bridgehead atoms. The number of rotatable bonds is 8. The molecule has 6 nitrogen and oxygen atoms in total. The van der Waals surface area contributed by atoms with Gasteiger partial charge in [0, 0.05) is 18.7 Å². The van der Waals surface area contributed by atoms with Crippen LogP contribution in [0.5, 0.6) is 5.75 Å². The van der Waals surface area contributed by atoms with Crippen molar-refractivity contribution < 1.29 is 17.9 Å². The second kappa shape index (κ2) is 8.64. The van der Waals surface area contributed by atoms with Gasteiger partial charge in [-0.15, -0.1) is 0 Å². The third-order valence-corrected chi connectivity index (χ3v) is 5.00. The number of hydrogen-bond acceptors (Lipinski definition) is 4. The SMILES string of the molecule is CCCNC(=O)c1ccc(S(=O)(=O)NCc2ccc(OC)cc2)cc1. The Balaban J connectivity index is 2.02. The van der Waals surface area contributed by atoms with Gasteiger partial charge >= 0.3 is 0 Å². The van der Waals surface area contributed by atoms with Crippen molar-refractivity contribution in [2.45, 2.75) is 24.8 Å². The summed E-state index contributed by atoms with van der Waals surface area (Å²) in [6.07, 6.45) is 0.841. The fourth-order valence-corrected chi connectivity index (χ4v) is 3.15. The molecule has 0 atom stereocenters. The third-order valence-electron chi connectivity index (χ3n) is 3.59. The Labute approximate surface area is 148 Å². The van der Waals surface area contributed by atoms with Crippen LogP contribution in [0.3, 0.4) is 0 Å². The summed E-state index contributed by atoms with van der Waals surface area (Å²) < 4.78 is 32.3. The Morgan fingerprint density at radius 2 is 1.68 bits per heavy atom. The highest BCUT2D eigenvalue weighted by atomic mass is 32.2. The van der Waals surface area contributed by atoms with Crippen molar-refractivity contribution >= 4 is 15.9 Å². The molecule has 2 N–H and O–H groups in total. The second-order valence-electron chi connectivity index (χ2n) is 5.45. The number of amides is 1. The van der Waals surface area contributed by atoms with Gasteiger partial charge in [-0.25, -0.2) is 13.1 Å². The number of benzene rings is 2. The summed E-state index contributed by atoms with van der Waals surface area (Å²) in [5, 5.41) is 2.75. The molecule has 0 aromatic heterocycles. The van der Waals surface area contributed by atoms with Crippen molar-refractivity contribution in [3.05, 3.63) is 59.7 Å². The molecule has 0 radical (unpaired) electrons. The lowest BCUT2D eigenvalue weighted by molar-refractivity contribution is 0.0953. The predicted molar refractivity (Wildman–Crippen MR) is 96.1 cm³/mol. The highest BCUT2D eigenvalue weighted by molar-refractivity contribution is 7.89. The summed E-state index contributed by atoms with van der Waals surface area (Å²) >= 11 is 0. The molecule has 0 spiro atoms. The molecular formula is C18H22N2O4S. The Kier molecular flexibility index (Phi) is 6.55. The first-order chi connectivity index (χ1) is 12.0. The molecule has 2 aromatic carbocycles. The first-order valence-electron chi connectivity index (χ1n) is 7.97. The molecule has 0 fully saturated rings. The second-order valence-corrected chi connectivity index (χ2v) is 7.22. The van der Waals surface area contributed by atoms with Crippen LogP contribution in [0.1, 0.15) is 29.3 Å². The zero-order valence-corrected chi connectivity index (χ0v) is 15.1. The molecule has 2 aromatic rings. The Morgan fingerprint density at radius 3 is 2.24 bits per heavy atom. The van der Waals surface area contributed by atoms with Crippen LogP contribution in [-0.2, 0) is 16.6 Å². The Bertz CT molecular complexity index is 800. The zero-order chi connectivity index (χ0) is 18.3. The minimum absolute atomic E-state index is 0.119. The molecule has 0 heterocycles. The van der Waals surface area contributed by atoms with E-state index in [9.17, 15) is 13.2 Å². The summed E-state index contributed by atoms with van der Waals surface area (Å²) in [5.74, 6) is 0.500. The van der Waals surface area contributed by atoms with Crippen LogP contribution in [0.2, 0.25) is 0 Å². The van der Waals surface area contributed by atoms with Crippen molar-refractivity contribution in [1.29, 1.82) is 0 Å². The van der Waals surface area contributed by atoms with Crippen molar-refractivity contribution in [3.63, 3.8) is 0 Å². The quantitative estimate of drug-likeness (QED) is 0.755. The lowest BCUT2D eigenvalue weighted by Crippen LogP contribution is -2.25. The number of hydrogen-bond donors (Lipinski definition) is 2. The molecule has 1 amide bonds. The fraction of sp³-hybridized carbons (Fsp3) is 0.278. The van der Waals surface area contributed by atoms with Crippen LogP contribution >= 0.6 is 0 Å². The number of ether oxygens (including phenoxy) is 1. The van der Waals surface area contributed by atoms with Crippen molar-refractivity contribution in [2.24, 2.45) is 0 Å². The van der Waals surface area contributed by atoms with E-state index < -0.39 is 10.0 Å². The molecule has 7 heteroatoms. The summed E-state index contributed by atoms with van der Waals surface area (Å²) in [6.45, 7) is 2.72. The average Bonchev–Trinajstić information content (AvgIpc) is 2.65. The van der Waals surface area contributed by atoms with E-state index in [2.05, 4.69) is 10.0 Å². The number of methoxy groups -OCH3 is 1. The van der Waals surface area contributed by atoms with E-state index in [0.717, 1.165) is 12.0 Å². The standard InChI is InChI=1S/C18H22N2O4S/c1-3-12-19-18(21)15-6-10-17(11-7-15)25(22,23)20-13-14-4-8-16(24-2)9-5-14/h4-11,20H,3,12-13H2,1-2H3,(H,19,21). The van der Waals surface area contributed by atoms with Crippen LogP contribution in [-0.4, -0.2) is 28.0 Å². The molecule has 0 saturated carbocycles. The fourth-order valence-electron chi connectivity index (χ4n) is 2.13. The van der Waals surface area contributed by atoms with Crippen LogP contribution in [0.4, 0.5) is 0 Å². The normalized spacial score (nSPS) is 11.1. The van der Waals surface area contributed by atoms with E-state index in [1.54, 1.807) is 31.4 Å². The molecular weight excluding hydrogens is 340 g/mol. The van der Waals surface area contributed by atoms with Crippen LogP contribution in [0, 0.1) is 0 Å². The largest absolute Gasteiger partial charge is 0.497 e. The van der Waals surface area contributed by atoms with Gasteiger partial charge in [0.15, 0.2) is 0 Å². The molecule has 0 saturated heterocycles. The van der Waals surface area contributed by atoms with Crippen LogP contribution < -0.4 is 14.8 Å². The van der Waals surface area contributed by atoms with Crippen molar-refractivity contribution in [1.82, 2.24) is 10.0 Å². The molecule has 0 aliphatic heterocycles. The van der Waals surface area contributed by atoms with E-state index >= 15 is 0 Å². The Hall–Kier alpha value is -2.38. The predicted octanol–water partition coefficient (Wildman–Crippen LogP) is 2.31. The first kappa shape index (κ1) is 19.0. The molecule has 0 aliphatic rings. The average molecular weight is 362 g/mol. The zero-order valence-electron chi connectivity index (χ0n) is 14.3. The Morgan fingerprint density at radius 1 is 1.04 bits per heavy atom. The van der Waals surface area contributed by atoms with Gasteiger partial charge in [0.2, 0.25) is 10.0 Å². The molecule has 0 unspecified atom stereocenters. The molecule has 2 rings (SSSR count). The summed E-state index contributed by atoms with van der Waals surface area (Å²) in [4.78, 5) is 12.0. The van der Waals surface area contributed by atoms with Gasteiger partial charge in [0.05, 0.1) is 12.0 Å². The monoisotopic (exact) mass is 362 g/mol. The smallest absolute Gasteiger partial charge is 0.251 e. The molecule has 25 heavy (non-hydrogen) atoms. The van der Waals surface area contributed by atoms with E-state index in [1.807, 2.05) is 6.92 Å². The highest BCUT2D eigenvalue weighted by Crippen LogP contribution is 2.14. The topological polar surface area (TPSA) is 84.5 Å². The van der Waals surface area contributed by atoms with Gasteiger partial charge < -0.3 is 10.1 Å². The van der Waals surface area contributed by atoms with E-state index in [1.165, 1.54) is 24.3 Å². The van der Waals surface area contributed by atoms with Crippen LogP contribution in [0.25, 0.3) is 0 Å². The maximum absolute atomic E-state index is 12.3. The van der Waals surface area contributed by atoms with Gasteiger partial charge in [0.1, 0.15) is 5.75 Å². The van der Waals surface area contributed by atoms with E-state index in [-0.39, 0.29) is 17.3 Å². The number of carbonyl (C=O) groups excluding carboxylic acids is 1. The summed E-state index contributed by atoms with van der Waals surface area (Å²) in [7, 11) is -2.07. The maximum atomic E-state index is 12.3. The summed E-state index contributed by atoms with van der Waals surface area (Å²) in [6, 6.07) is 13.0. The maximum Gasteiger partial charge on any atom is 0.251 e. The third kappa shape index (κ3) is 5.30. The number of nitrogens with one attached hydrogen (secondary N) is 2. The van der Waals surface area contributed by atoms with Crippen molar-refractivity contribution in [2.75, 3.05) is 13.7 Å². The van der Waals surface area contributed by atoms with Gasteiger partial charge in [-0.2, -0.15) is 0 Å². The highest BCUT2D eigenvalue weighted by Gasteiger charge is 2.14. The summed E-state index contributed by atoms with van der Waals surface area (Å²) in [5.41, 5.74) is 1.25. The lowest BCUT2D eigenvalue weighted by Gasteiger charge is -2.09.